The number of aromatic nitrogens is 1. The molecule has 0 saturated heterocycles. The smallest absolute Gasteiger partial charge is 0.0733 e. The molecule has 3 heteroatoms. The molecule has 1 unspecified atom stereocenters. The van der Waals surface area contributed by atoms with Crippen molar-refractivity contribution in [3.63, 3.8) is 0 Å². The number of rotatable bonds is 8. The Balaban J connectivity index is 1.98. The lowest BCUT2D eigenvalue weighted by molar-refractivity contribution is 0.922. The fraction of sp³-hybridized carbons (Fsp3) is 0.148. The summed E-state index contributed by atoms with van der Waals surface area (Å²) in [7, 11) is 2.71. The van der Waals surface area contributed by atoms with Gasteiger partial charge in [-0.2, -0.15) is 0 Å². The highest BCUT2D eigenvalue weighted by Gasteiger charge is 2.10. The zero-order valence-electron chi connectivity index (χ0n) is 17.8. The van der Waals surface area contributed by atoms with Crippen molar-refractivity contribution in [1.29, 1.82) is 0 Å². The molecule has 152 valence electrons. The Kier molecular flexibility index (Phi) is 7.38. The van der Waals surface area contributed by atoms with Gasteiger partial charge in [-0.1, -0.05) is 86.4 Å². The van der Waals surface area contributed by atoms with Crippen LogP contribution >= 0.6 is 9.24 Å². The Morgan fingerprint density at radius 2 is 1.60 bits per heavy atom. The fourth-order valence-corrected chi connectivity index (χ4v) is 3.64. The molecule has 0 amide bonds. The SMILES string of the molecule is C=CNc1cc(-c2ccc(-c3ccc(CCC)cc3)cc2)nc(/C=C(\C)P)c1C=C. The lowest BCUT2D eigenvalue weighted by Gasteiger charge is -2.13. The summed E-state index contributed by atoms with van der Waals surface area (Å²) in [5.41, 5.74) is 8.59. The molecule has 0 spiro atoms. The normalized spacial score (nSPS) is 11.2. The number of nitrogens with one attached hydrogen (secondary N) is 1. The number of hydrogen-bond acceptors (Lipinski definition) is 2. The van der Waals surface area contributed by atoms with Gasteiger partial charge in [-0.25, -0.2) is 4.98 Å². The van der Waals surface area contributed by atoms with Crippen LogP contribution in [0.2, 0.25) is 0 Å². The van der Waals surface area contributed by atoms with E-state index in [0.717, 1.165) is 39.9 Å². The van der Waals surface area contributed by atoms with Gasteiger partial charge in [-0.05, 0) is 48.4 Å². The van der Waals surface area contributed by atoms with E-state index in [0.29, 0.717) is 0 Å². The summed E-state index contributed by atoms with van der Waals surface area (Å²) in [5, 5.41) is 4.33. The first kappa shape index (κ1) is 21.7. The zero-order valence-corrected chi connectivity index (χ0v) is 18.9. The molecule has 0 aliphatic heterocycles. The monoisotopic (exact) mass is 412 g/mol. The lowest BCUT2D eigenvalue weighted by atomic mass is 9.99. The fourth-order valence-electron chi connectivity index (χ4n) is 3.48. The van der Waals surface area contributed by atoms with Gasteiger partial charge in [0.05, 0.1) is 11.4 Å². The Hall–Kier alpha value is -2.96. The molecular formula is C27H29N2P. The number of allylic oxidation sites excluding steroid dienone is 1. The van der Waals surface area contributed by atoms with Gasteiger partial charge in [0.2, 0.25) is 0 Å². The Morgan fingerprint density at radius 1 is 1.00 bits per heavy atom. The number of hydrogen-bond donors (Lipinski definition) is 1. The summed E-state index contributed by atoms with van der Waals surface area (Å²) in [6, 6.07) is 19.5. The van der Waals surface area contributed by atoms with Gasteiger partial charge in [-0.15, -0.1) is 9.24 Å². The Labute approximate surface area is 182 Å². The van der Waals surface area contributed by atoms with Crippen LogP contribution in [0.3, 0.4) is 0 Å². The van der Waals surface area contributed by atoms with Crippen LogP contribution in [0.25, 0.3) is 34.5 Å². The molecule has 1 N–H and O–H groups in total. The Bertz CT molecular complexity index is 1060. The zero-order chi connectivity index (χ0) is 21.5. The van der Waals surface area contributed by atoms with E-state index in [9.17, 15) is 0 Å². The van der Waals surface area contributed by atoms with Crippen LogP contribution < -0.4 is 5.32 Å². The van der Waals surface area contributed by atoms with E-state index in [1.807, 2.05) is 25.1 Å². The second kappa shape index (κ2) is 10.2. The highest BCUT2D eigenvalue weighted by molar-refractivity contribution is 7.22. The van der Waals surface area contributed by atoms with E-state index < -0.39 is 0 Å². The predicted molar refractivity (Wildman–Crippen MR) is 136 cm³/mol. The van der Waals surface area contributed by atoms with E-state index in [2.05, 4.69) is 83.2 Å². The molecule has 1 heterocycles. The van der Waals surface area contributed by atoms with Crippen LogP contribution in [-0.2, 0) is 6.42 Å². The Morgan fingerprint density at radius 3 is 2.13 bits per heavy atom. The summed E-state index contributed by atoms with van der Waals surface area (Å²) in [6.45, 7) is 12.0. The average molecular weight is 413 g/mol. The van der Waals surface area contributed by atoms with Gasteiger partial charge >= 0.3 is 0 Å². The minimum absolute atomic E-state index is 0.884. The summed E-state index contributed by atoms with van der Waals surface area (Å²) in [5.74, 6) is 0. The second-order valence-electron chi connectivity index (χ2n) is 7.32. The molecule has 0 aliphatic carbocycles. The van der Waals surface area contributed by atoms with Crippen LogP contribution in [0.15, 0.2) is 79.3 Å². The largest absolute Gasteiger partial charge is 0.362 e. The first-order valence-electron chi connectivity index (χ1n) is 10.2. The maximum atomic E-state index is 4.90. The molecular weight excluding hydrogens is 383 g/mol. The van der Waals surface area contributed by atoms with Crippen molar-refractivity contribution in [3.8, 4) is 22.4 Å². The van der Waals surface area contributed by atoms with E-state index in [-0.39, 0.29) is 0 Å². The van der Waals surface area contributed by atoms with Gasteiger partial charge in [0.25, 0.3) is 0 Å². The maximum Gasteiger partial charge on any atom is 0.0733 e. The van der Waals surface area contributed by atoms with Crippen molar-refractivity contribution in [1.82, 2.24) is 4.98 Å². The molecule has 1 atom stereocenters. The van der Waals surface area contributed by atoms with Crippen LogP contribution in [0.5, 0.6) is 0 Å². The van der Waals surface area contributed by atoms with E-state index in [4.69, 9.17) is 4.98 Å². The number of nitrogens with zero attached hydrogens (tertiary/aromatic N) is 1. The van der Waals surface area contributed by atoms with Crippen molar-refractivity contribution >= 4 is 27.1 Å². The highest BCUT2D eigenvalue weighted by atomic mass is 31.0. The third-order valence-corrected chi connectivity index (χ3v) is 5.09. The quantitative estimate of drug-likeness (QED) is 0.382. The minimum atomic E-state index is 0.884. The molecule has 2 aromatic carbocycles. The summed E-state index contributed by atoms with van der Waals surface area (Å²) < 4.78 is 0. The van der Waals surface area contributed by atoms with Gasteiger partial charge in [0.1, 0.15) is 0 Å². The lowest BCUT2D eigenvalue weighted by Crippen LogP contribution is -1.98. The van der Waals surface area contributed by atoms with Gasteiger partial charge in [0.15, 0.2) is 0 Å². The molecule has 3 aromatic rings. The van der Waals surface area contributed by atoms with Crippen molar-refractivity contribution in [3.05, 3.63) is 96.1 Å². The molecule has 0 aliphatic rings. The van der Waals surface area contributed by atoms with E-state index in [1.54, 1.807) is 6.20 Å². The van der Waals surface area contributed by atoms with Crippen molar-refractivity contribution in [2.45, 2.75) is 26.7 Å². The first-order chi connectivity index (χ1) is 14.5. The van der Waals surface area contributed by atoms with Crippen molar-refractivity contribution in [2.24, 2.45) is 0 Å². The van der Waals surface area contributed by atoms with Crippen LogP contribution in [-0.4, -0.2) is 4.98 Å². The molecule has 1 aromatic heterocycles. The van der Waals surface area contributed by atoms with Crippen LogP contribution in [0.1, 0.15) is 37.1 Å². The molecule has 0 radical (unpaired) electrons. The standard InChI is InChI=1S/C27H29N2P/c1-5-8-20-9-11-21(12-10-20)22-13-15-23(16-14-22)25-18-26(28-7-3)24(6-2)27(29-25)17-19(4)30/h6-7,9-18H,2-3,5,8,30H2,1,4H3,(H,28,29)/b19-17+. The number of pyridine rings is 1. The van der Waals surface area contributed by atoms with Crippen LogP contribution in [0.4, 0.5) is 5.69 Å². The van der Waals surface area contributed by atoms with Gasteiger partial charge in [-0.3, -0.25) is 0 Å². The number of anilines is 1. The first-order valence-corrected chi connectivity index (χ1v) is 10.8. The van der Waals surface area contributed by atoms with E-state index >= 15 is 0 Å². The predicted octanol–water partition coefficient (Wildman–Crippen LogP) is 7.80. The number of aryl methyl sites for hydroxylation is 1. The third-order valence-electron chi connectivity index (χ3n) is 4.92. The number of benzene rings is 2. The topological polar surface area (TPSA) is 24.9 Å². The molecule has 0 saturated carbocycles. The molecule has 0 fully saturated rings. The van der Waals surface area contributed by atoms with Gasteiger partial charge < -0.3 is 5.32 Å². The third kappa shape index (κ3) is 5.14. The summed E-state index contributed by atoms with van der Waals surface area (Å²) in [4.78, 5) is 4.90. The molecule has 0 bridgehead atoms. The second-order valence-corrected chi connectivity index (χ2v) is 8.23. The minimum Gasteiger partial charge on any atom is -0.362 e. The average Bonchev–Trinajstić information content (AvgIpc) is 2.74. The molecule has 3 rings (SSSR count). The summed E-state index contributed by atoms with van der Waals surface area (Å²) in [6.07, 6.45) is 7.85. The van der Waals surface area contributed by atoms with E-state index in [1.165, 1.54) is 23.1 Å². The van der Waals surface area contributed by atoms with Gasteiger partial charge in [0, 0.05) is 16.8 Å². The molecule has 2 nitrogen and oxygen atoms in total. The van der Waals surface area contributed by atoms with Crippen molar-refractivity contribution < 1.29 is 0 Å². The summed E-state index contributed by atoms with van der Waals surface area (Å²) >= 11 is 0. The highest BCUT2D eigenvalue weighted by Crippen LogP contribution is 2.30. The maximum absolute atomic E-state index is 4.90. The van der Waals surface area contributed by atoms with Crippen molar-refractivity contribution in [2.75, 3.05) is 5.32 Å². The molecule has 30 heavy (non-hydrogen) atoms. The van der Waals surface area contributed by atoms with Crippen LogP contribution in [0, 0.1) is 0 Å².